The summed E-state index contributed by atoms with van der Waals surface area (Å²) in [5, 5.41) is 0.485. The summed E-state index contributed by atoms with van der Waals surface area (Å²) in [6, 6.07) is 7.65. The van der Waals surface area contributed by atoms with Crippen LogP contribution in [-0.4, -0.2) is 34.9 Å². The highest BCUT2D eigenvalue weighted by atomic mass is 79.9. The number of benzene rings is 1. The van der Waals surface area contributed by atoms with Crippen LogP contribution in [0, 0.1) is 0 Å². The number of amides is 1. The van der Waals surface area contributed by atoms with Crippen molar-refractivity contribution in [3.63, 3.8) is 0 Å². The number of nitrogens with two attached hydrogens (primary N) is 1. The van der Waals surface area contributed by atoms with Gasteiger partial charge in [-0.15, -0.1) is 12.4 Å². The molecule has 1 aromatic rings. The quantitative estimate of drug-likeness (QED) is 0.859. The molecule has 2 rings (SSSR count). The zero-order chi connectivity index (χ0) is 14.0. The van der Waals surface area contributed by atoms with Crippen LogP contribution in [0.15, 0.2) is 28.7 Å². The van der Waals surface area contributed by atoms with Crippen LogP contribution in [0.4, 0.5) is 0 Å². The Morgan fingerprint density at radius 3 is 2.60 bits per heavy atom. The van der Waals surface area contributed by atoms with Gasteiger partial charge >= 0.3 is 0 Å². The molecule has 1 aromatic carbocycles. The van der Waals surface area contributed by atoms with Crippen molar-refractivity contribution in [3.8, 4) is 0 Å². The fourth-order valence-corrected chi connectivity index (χ4v) is 3.53. The van der Waals surface area contributed by atoms with Gasteiger partial charge in [0.1, 0.15) is 5.54 Å². The van der Waals surface area contributed by atoms with Gasteiger partial charge in [0.25, 0.3) is 0 Å². The molecule has 1 amide bonds. The minimum atomic E-state index is -0.956. The number of hydrogen-bond acceptors (Lipinski definition) is 3. The SMILES string of the molecule is CC1CN(C(=O)C(C)(N)c2ccc(Br)cc2)CCS1.Cl. The number of carbonyl (C=O) groups excluding carboxylic acids is 1. The van der Waals surface area contributed by atoms with Crippen LogP contribution in [0.5, 0.6) is 0 Å². The van der Waals surface area contributed by atoms with Crippen LogP contribution >= 0.6 is 40.1 Å². The van der Waals surface area contributed by atoms with Crippen molar-refractivity contribution >= 4 is 46.0 Å². The Morgan fingerprint density at radius 1 is 1.45 bits per heavy atom. The van der Waals surface area contributed by atoms with Crippen molar-refractivity contribution in [1.82, 2.24) is 4.90 Å². The van der Waals surface area contributed by atoms with Gasteiger partial charge in [-0.2, -0.15) is 11.8 Å². The number of hydrogen-bond donors (Lipinski definition) is 1. The molecule has 20 heavy (non-hydrogen) atoms. The smallest absolute Gasteiger partial charge is 0.247 e. The van der Waals surface area contributed by atoms with Gasteiger partial charge in [-0.1, -0.05) is 35.0 Å². The predicted molar refractivity (Wildman–Crippen MR) is 91.4 cm³/mol. The molecule has 1 fully saturated rings. The zero-order valence-corrected chi connectivity index (χ0v) is 14.9. The topological polar surface area (TPSA) is 46.3 Å². The first kappa shape index (κ1) is 17.8. The average molecular weight is 380 g/mol. The minimum absolute atomic E-state index is 0. The lowest BCUT2D eigenvalue weighted by Crippen LogP contribution is -2.54. The van der Waals surface area contributed by atoms with Gasteiger partial charge in [0.15, 0.2) is 0 Å². The predicted octanol–water partition coefficient (Wildman–Crippen LogP) is 3.01. The van der Waals surface area contributed by atoms with E-state index in [1.54, 1.807) is 6.92 Å². The van der Waals surface area contributed by atoms with Crippen molar-refractivity contribution in [2.24, 2.45) is 5.73 Å². The van der Waals surface area contributed by atoms with E-state index in [0.717, 1.165) is 28.9 Å². The number of carbonyl (C=O) groups is 1. The second kappa shape index (κ2) is 7.16. The maximum Gasteiger partial charge on any atom is 0.247 e. The molecule has 0 spiro atoms. The average Bonchev–Trinajstić information content (AvgIpc) is 2.38. The maximum absolute atomic E-state index is 12.6. The Bertz CT molecular complexity index is 467. The molecule has 6 heteroatoms. The van der Waals surface area contributed by atoms with Crippen LogP contribution in [0.25, 0.3) is 0 Å². The van der Waals surface area contributed by atoms with Crippen LogP contribution in [-0.2, 0) is 10.3 Å². The summed E-state index contributed by atoms with van der Waals surface area (Å²) in [5.41, 5.74) is 6.19. The van der Waals surface area contributed by atoms with Crippen LogP contribution in [0.3, 0.4) is 0 Å². The largest absolute Gasteiger partial charge is 0.339 e. The molecule has 0 saturated carbocycles. The van der Waals surface area contributed by atoms with Crippen LogP contribution in [0.1, 0.15) is 19.4 Å². The molecule has 3 nitrogen and oxygen atoms in total. The van der Waals surface area contributed by atoms with Crippen LogP contribution < -0.4 is 5.73 Å². The van der Waals surface area contributed by atoms with E-state index < -0.39 is 5.54 Å². The van der Waals surface area contributed by atoms with Gasteiger partial charge in [0.05, 0.1) is 0 Å². The van der Waals surface area contributed by atoms with Crippen molar-refractivity contribution in [1.29, 1.82) is 0 Å². The Balaban J connectivity index is 0.00000200. The van der Waals surface area contributed by atoms with Crippen molar-refractivity contribution in [2.75, 3.05) is 18.8 Å². The minimum Gasteiger partial charge on any atom is -0.339 e. The summed E-state index contributed by atoms with van der Waals surface area (Å²) in [4.78, 5) is 14.5. The normalized spacial score (nSPS) is 21.8. The molecule has 112 valence electrons. The van der Waals surface area contributed by atoms with Crippen LogP contribution in [0.2, 0.25) is 0 Å². The number of rotatable bonds is 2. The first-order valence-corrected chi connectivity index (χ1v) is 8.21. The third-order valence-electron chi connectivity index (χ3n) is 3.42. The molecule has 1 saturated heterocycles. The van der Waals surface area contributed by atoms with E-state index in [1.165, 1.54) is 0 Å². The lowest BCUT2D eigenvalue weighted by atomic mass is 9.91. The van der Waals surface area contributed by atoms with E-state index in [1.807, 2.05) is 40.9 Å². The highest BCUT2D eigenvalue weighted by molar-refractivity contribution is 9.10. The lowest BCUT2D eigenvalue weighted by molar-refractivity contribution is -0.136. The summed E-state index contributed by atoms with van der Waals surface area (Å²) in [6.45, 7) is 5.52. The highest BCUT2D eigenvalue weighted by Crippen LogP contribution is 2.25. The standard InChI is InChI=1S/C14H19BrN2OS.ClH/c1-10-9-17(7-8-19-10)13(18)14(2,16)11-3-5-12(15)6-4-11;/h3-6,10H,7-9,16H2,1-2H3;1H. The summed E-state index contributed by atoms with van der Waals surface area (Å²) in [5.74, 6) is 1.01. The number of thioether (sulfide) groups is 1. The molecule has 0 aromatic heterocycles. The molecular formula is C14H20BrClN2OS. The summed E-state index contributed by atoms with van der Waals surface area (Å²) in [7, 11) is 0. The monoisotopic (exact) mass is 378 g/mol. The fraction of sp³-hybridized carbons (Fsp3) is 0.500. The highest BCUT2D eigenvalue weighted by Gasteiger charge is 2.35. The van der Waals surface area contributed by atoms with E-state index >= 15 is 0 Å². The molecule has 2 N–H and O–H groups in total. The second-order valence-electron chi connectivity index (χ2n) is 5.14. The molecular weight excluding hydrogens is 360 g/mol. The second-order valence-corrected chi connectivity index (χ2v) is 7.60. The molecule has 2 atom stereocenters. The maximum atomic E-state index is 12.6. The number of halogens is 2. The van der Waals surface area contributed by atoms with E-state index in [9.17, 15) is 4.79 Å². The lowest BCUT2D eigenvalue weighted by Gasteiger charge is -2.36. The van der Waals surface area contributed by atoms with Gasteiger partial charge in [-0.05, 0) is 24.6 Å². The zero-order valence-electron chi connectivity index (χ0n) is 11.6. The molecule has 1 heterocycles. The van der Waals surface area contributed by atoms with E-state index in [2.05, 4.69) is 22.9 Å². The van der Waals surface area contributed by atoms with E-state index in [-0.39, 0.29) is 18.3 Å². The molecule has 0 bridgehead atoms. The van der Waals surface area contributed by atoms with E-state index in [0.29, 0.717) is 5.25 Å². The van der Waals surface area contributed by atoms with Gasteiger partial charge in [0.2, 0.25) is 5.91 Å². The summed E-state index contributed by atoms with van der Waals surface area (Å²) < 4.78 is 0.988. The van der Waals surface area contributed by atoms with Crippen molar-refractivity contribution in [2.45, 2.75) is 24.6 Å². The Kier molecular flexibility index (Phi) is 6.38. The Morgan fingerprint density at radius 2 is 2.05 bits per heavy atom. The van der Waals surface area contributed by atoms with Gasteiger partial charge in [-0.3, -0.25) is 4.79 Å². The molecule has 0 radical (unpaired) electrons. The third-order valence-corrected chi connectivity index (χ3v) is 5.08. The molecule has 1 aliphatic rings. The molecule has 2 unspecified atom stereocenters. The molecule has 1 aliphatic heterocycles. The first-order valence-electron chi connectivity index (χ1n) is 6.37. The summed E-state index contributed by atoms with van der Waals surface area (Å²) in [6.07, 6.45) is 0. The van der Waals surface area contributed by atoms with Gasteiger partial charge in [0, 0.05) is 28.6 Å². The van der Waals surface area contributed by atoms with Gasteiger partial charge < -0.3 is 10.6 Å². The Labute approximate surface area is 139 Å². The van der Waals surface area contributed by atoms with E-state index in [4.69, 9.17) is 5.73 Å². The van der Waals surface area contributed by atoms with Crippen molar-refractivity contribution in [3.05, 3.63) is 34.3 Å². The summed E-state index contributed by atoms with van der Waals surface area (Å²) >= 11 is 5.30. The molecule has 0 aliphatic carbocycles. The van der Waals surface area contributed by atoms with Crippen molar-refractivity contribution < 1.29 is 4.79 Å². The number of nitrogens with zero attached hydrogens (tertiary/aromatic N) is 1. The third kappa shape index (κ3) is 3.91. The fourth-order valence-electron chi connectivity index (χ4n) is 2.25. The Hall–Kier alpha value is -0.230. The first-order chi connectivity index (χ1) is 8.91. The van der Waals surface area contributed by atoms with Gasteiger partial charge in [-0.25, -0.2) is 0 Å².